The number of ether oxygens (including phenoxy) is 3. The molecule has 1 aromatic carbocycles. The molecule has 4 heterocycles. The first-order valence-corrected chi connectivity index (χ1v) is 12.5. The van der Waals surface area contributed by atoms with Crippen LogP contribution in [0.2, 0.25) is 0 Å². The first-order valence-electron chi connectivity index (χ1n) is 12.5. The molecule has 0 spiro atoms. The molecule has 0 N–H and O–H groups in total. The highest BCUT2D eigenvalue weighted by Gasteiger charge is 2.27. The van der Waals surface area contributed by atoms with E-state index in [1.54, 1.807) is 12.4 Å². The molecule has 178 valence electrons. The molecule has 1 aliphatic carbocycles. The molecule has 2 aromatic heterocycles. The second-order valence-electron chi connectivity index (χ2n) is 9.52. The Bertz CT molecular complexity index is 1170. The zero-order chi connectivity index (χ0) is 22.9. The molecule has 1 saturated carbocycles. The molecular formula is C26H31N5O3. The van der Waals surface area contributed by atoms with Crippen molar-refractivity contribution in [3.05, 3.63) is 41.7 Å². The van der Waals surface area contributed by atoms with Gasteiger partial charge in [-0.25, -0.2) is 15.0 Å². The SMILES string of the molecule is Cc1nc2c(c(CC3CCC(Oc4cc(N5CCOCC5)cc5nccnc45)CC3)n1)OCC2. The topological polar surface area (TPSA) is 82.5 Å². The summed E-state index contributed by atoms with van der Waals surface area (Å²) in [5.74, 6) is 3.23. The van der Waals surface area contributed by atoms with Gasteiger partial charge in [-0.2, -0.15) is 0 Å². The average molecular weight is 462 g/mol. The summed E-state index contributed by atoms with van der Waals surface area (Å²) in [6.07, 6.45) is 9.83. The van der Waals surface area contributed by atoms with E-state index in [1.165, 1.54) is 0 Å². The minimum absolute atomic E-state index is 0.190. The van der Waals surface area contributed by atoms with E-state index in [-0.39, 0.29) is 6.10 Å². The van der Waals surface area contributed by atoms with Gasteiger partial charge >= 0.3 is 0 Å². The van der Waals surface area contributed by atoms with Crippen molar-refractivity contribution in [3.63, 3.8) is 0 Å². The summed E-state index contributed by atoms with van der Waals surface area (Å²) in [6.45, 7) is 5.96. The van der Waals surface area contributed by atoms with Gasteiger partial charge in [0.25, 0.3) is 0 Å². The number of aromatic nitrogens is 4. The average Bonchev–Trinajstić information content (AvgIpc) is 3.34. The molecule has 6 rings (SSSR count). The molecule has 34 heavy (non-hydrogen) atoms. The smallest absolute Gasteiger partial charge is 0.162 e. The highest BCUT2D eigenvalue weighted by molar-refractivity contribution is 5.85. The second kappa shape index (κ2) is 9.33. The van der Waals surface area contributed by atoms with Crippen LogP contribution in [0.1, 0.15) is 42.9 Å². The van der Waals surface area contributed by atoms with E-state index in [0.717, 1.165) is 117 Å². The number of hydrogen-bond donors (Lipinski definition) is 0. The highest BCUT2D eigenvalue weighted by Crippen LogP contribution is 2.36. The van der Waals surface area contributed by atoms with Gasteiger partial charge in [-0.3, -0.25) is 4.98 Å². The Morgan fingerprint density at radius 3 is 2.68 bits per heavy atom. The third kappa shape index (κ3) is 4.39. The quantitative estimate of drug-likeness (QED) is 0.569. The fourth-order valence-corrected chi connectivity index (χ4v) is 5.44. The molecule has 2 aliphatic heterocycles. The van der Waals surface area contributed by atoms with Gasteiger partial charge in [-0.05, 0) is 51.0 Å². The molecule has 3 aromatic rings. The van der Waals surface area contributed by atoms with Crippen LogP contribution in [-0.4, -0.2) is 59.0 Å². The van der Waals surface area contributed by atoms with Crippen molar-refractivity contribution >= 4 is 16.7 Å². The predicted molar refractivity (Wildman–Crippen MR) is 129 cm³/mol. The van der Waals surface area contributed by atoms with E-state index >= 15 is 0 Å². The first-order chi connectivity index (χ1) is 16.7. The van der Waals surface area contributed by atoms with Gasteiger partial charge in [0.05, 0.1) is 42.8 Å². The number of fused-ring (bicyclic) bond motifs is 2. The van der Waals surface area contributed by atoms with Crippen LogP contribution in [0.4, 0.5) is 5.69 Å². The molecule has 0 atom stereocenters. The Morgan fingerprint density at radius 1 is 1.00 bits per heavy atom. The van der Waals surface area contributed by atoms with Gasteiger partial charge in [0.2, 0.25) is 0 Å². The maximum absolute atomic E-state index is 6.58. The Kier molecular flexibility index (Phi) is 5.91. The molecule has 0 amide bonds. The van der Waals surface area contributed by atoms with Crippen LogP contribution >= 0.6 is 0 Å². The minimum atomic E-state index is 0.190. The summed E-state index contributed by atoms with van der Waals surface area (Å²) in [6, 6.07) is 4.25. The van der Waals surface area contributed by atoms with Gasteiger partial charge in [0.1, 0.15) is 17.1 Å². The highest BCUT2D eigenvalue weighted by atomic mass is 16.5. The number of morpholine rings is 1. The van der Waals surface area contributed by atoms with Crippen LogP contribution in [0.3, 0.4) is 0 Å². The van der Waals surface area contributed by atoms with Crippen molar-refractivity contribution in [2.45, 2.75) is 51.6 Å². The van der Waals surface area contributed by atoms with Crippen LogP contribution in [-0.2, 0) is 17.6 Å². The fourth-order valence-electron chi connectivity index (χ4n) is 5.44. The summed E-state index contributed by atoms with van der Waals surface area (Å²) >= 11 is 0. The van der Waals surface area contributed by atoms with Gasteiger partial charge in [0.15, 0.2) is 5.75 Å². The molecule has 0 radical (unpaired) electrons. The number of nitrogens with zero attached hydrogens (tertiary/aromatic N) is 5. The standard InChI is InChI=1S/C26H31N5O3/c1-17-29-21-6-11-33-26(21)23(30-17)14-18-2-4-20(5-3-18)34-24-16-19(31-9-12-32-13-10-31)15-22-25(24)28-8-7-27-22/h7-8,15-16,18,20H,2-6,9-14H2,1H3. The molecular weight excluding hydrogens is 430 g/mol. The predicted octanol–water partition coefficient (Wildman–Crippen LogP) is 3.68. The van der Waals surface area contributed by atoms with Crippen LogP contribution < -0.4 is 14.4 Å². The van der Waals surface area contributed by atoms with Crippen LogP contribution in [0.5, 0.6) is 11.5 Å². The first kappa shape index (κ1) is 21.5. The Morgan fingerprint density at radius 2 is 1.82 bits per heavy atom. The van der Waals surface area contributed by atoms with Crippen molar-refractivity contribution in [2.24, 2.45) is 5.92 Å². The summed E-state index contributed by atoms with van der Waals surface area (Å²) < 4.78 is 18.0. The van der Waals surface area contributed by atoms with Crippen molar-refractivity contribution in [2.75, 3.05) is 37.8 Å². The third-order valence-corrected chi connectivity index (χ3v) is 7.17. The number of anilines is 1. The van der Waals surface area contributed by atoms with E-state index in [4.69, 9.17) is 19.2 Å². The molecule has 2 fully saturated rings. The lowest BCUT2D eigenvalue weighted by atomic mass is 9.84. The monoisotopic (exact) mass is 461 g/mol. The number of benzene rings is 1. The molecule has 8 heteroatoms. The zero-order valence-electron chi connectivity index (χ0n) is 19.7. The maximum Gasteiger partial charge on any atom is 0.162 e. The third-order valence-electron chi connectivity index (χ3n) is 7.17. The Hall–Kier alpha value is -3.00. The lowest BCUT2D eigenvalue weighted by Gasteiger charge is -2.31. The maximum atomic E-state index is 6.58. The van der Waals surface area contributed by atoms with E-state index in [1.807, 2.05) is 6.92 Å². The Balaban J connectivity index is 1.15. The van der Waals surface area contributed by atoms with Gasteiger partial charge in [-0.15, -0.1) is 0 Å². The summed E-state index contributed by atoms with van der Waals surface area (Å²) in [7, 11) is 0. The van der Waals surface area contributed by atoms with Crippen molar-refractivity contribution in [1.29, 1.82) is 0 Å². The summed E-state index contributed by atoms with van der Waals surface area (Å²) in [4.78, 5) is 20.8. The number of rotatable bonds is 5. The summed E-state index contributed by atoms with van der Waals surface area (Å²) in [5, 5.41) is 0. The van der Waals surface area contributed by atoms with Crippen molar-refractivity contribution < 1.29 is 14.2 Å². The largest absolute Gasteiger partial charge is 0.489 e. The zero-order valence-corrected chi connectivity index (χ0v) is 19.7. The van der Waals surface area contributed by atoms with Gasteiger partial charge in [0, 0.05) is 43.7 Å². The normalized spacial score (nSPS) is 22.4. The number of aryl methyl sites for hydroxylation is 1. The van der Waals surface area contributed by atoms with Crippen LogP contribution in [0.15, 0.2) is 24.5 Å². The molecule has 3 aliphatic rings. The molecule has 0 bridgehead atoms. The van der Waals surface area contributed by atoms with Crippen molar-refractivity contribution in [3.8, 4) is 11.5 Å². The van der Waals surface area contributed by atoms with Gasteiger partial charge < -0.3 is 19.1 Å². The molecule has 1 saturated heterocycles. The number of hydrogen-bond acceptors (Lipinski definition) is 8. The minimum Gasteiger partial charge on any atom is -0.489 e. The lowest BCUT2D eigenvalue weighted by molar-refractivity contribution is 0.122. The van der Waals surface area contributed by atoms with E-state index in [9.17, 15) is 0 Å². The Labute approximate surface area is 199 Å². The van der Waals surface area contributed by atoms with E-state index in [0.29, 0.717) is 5.92 Å². The lowest BCUT2D eigenvalue weighted by Crippen LogP contribution is -2.36. The van der Waals surface area contributed by atoms with Crippen LogP contribution in [0.25, 0.3) is 11.0 Å². The molecule has 0 unspecified atom stereocenters. The fraction of sp³-hybridized carbons (Fsp3) is 0.538. The molecule has 8 nitrogen and oxygen atoms in total. The van der Waals surface area contributed by atoms with Crippen molar-refractivity contribution in [1.82, 2.24) is 19.9 Å². The van der Waals surface area contributed by atoms with Crippen LogP contribution in [0, 0.1) is 12.8 Å². The second-order valence-corrected chi connectivity index (χ2v) is 9.52. The van der Waals surface area contributed by atoms with E-state index in [2.05, 4.69) is 32.0 Å². The van der Waals surface area contributed by atoms with E-state index < -0.39 is 0 Å². The summed E-state index contributed by atoms with van der Waals surface area (Å²) in [5.41, 5.74) is 5.01. The van der Waals surface area contributed by atoms with Gasteiger partial charge in [-0.1, -0.05) is 0 Å².